The van der Waals surface area contributed by atoms with Crippen molar-refractivity contribution in [2.75, 3.05) is 12.4 Å². The molecule has 0 radical (unpaired) electrons. The smallest absolute Gasteiger partial charge is 0.317 e. The summed E-state index contributed by atoms with van der Waals surface area (Å²) in [5.41, 5.74) is 1.66. The zero-order chi connectivity index (χ0) is 19.1. The molecular weight excluding hydrogens is 370 g/mol. The summed E-state index contributed by atoms with van der Waals surface area (Å²) in [6, 6.07) is 11.1. The first-order chi connectivity index (χ1) is 12.3. The quantitative estimate of drug-likeness (QED) is 0.714. The summed E-state index contributed by atoms with van der Waals surface area (Å²) in [5.74, 6) is 0.307. The van der Waals surface area contributed by atoms with Crippen molar-refractivity contribution in [1.29, 1.82) is 0 Å². The van der Waals surface area contributed by atoms with E-state index in [-0.39, 0.29) is 11.9 Å². The summed E-state index contributed by atoms with van der Waals surface area (Å²) in [5, 5.41) is 5.77. The standard InChI is InChI=1S/C19H24ClN3O2S/c1-13(2)9-18(24)22-15-6-4-5-14(10-15)11-21-19(25)23(3)12-16-7-8-17(20)26-16/h4-8,10,13H,9,11-12H2,1-3H3,(H,21,25)(H,22,24). The second kappa shape index (κ2) is 9.59. The van der Waals surface area contributed by atoms with Gasteiger partial charge < -0.3 is 15.5 Å². The molecule has 1 aromatic carbocycles. The van der Waals surface area contributed by atoms with Gasteiger partial charge in [-0.25, -0.2) is 4.79 Å². The minimum atomic E-state index is -0.163. The maximum Gasteiger partial charge on any atom is 0.317 e. The van der Waals surface area contributed by atoms with Gasteiger partial charge in [-0.2, -0.15) is 0 Å². The number of thiophene rings is 1. The molecule has 26 heavy (non-hydrogen) atoms. The predicted molar refractivity (Wildman–Crippen MR) is 108 cm³/mol. The van der Waals surface area contributed by atoms with E-state index in [0.29, 0.717) is 29.8 Å². The third-order valence-electron chi connectivity index (χ3n) is 3.62. The molecule has 0 atom stereocenters. The van der Waals surface area contributed by atoms with Gasteiger partial charge in [0, 0.05) is 30.6 Å². The second-order valence-corrected chi connectivity index (χ2v) is 8.37. The van der Waals surface area contributed by atoms with Gasteiger partial charge in [0.2, 0.25) is 5.91 Å². The van der Waals surface area contributed by atoms with E-state index >= 15 is 0 Å². The molecule has 0 saturated carbocycles. The normalized spacial score (nSPS) is 10.7. The number of rotatable bonds is 7. The third kappa shape index (κ3) is 6.69. The fourth-order valence-corrected chi connectivity index (χ4v) is 3.54. The fraction of sp³-hybridized carbons (Fsp3) is 0.368. The van der Waals surface area contributed by atoms with Gasteiger partial charge in [0.25, 0.3) is 0 Å². The van der Waals surface area contributed by atoms with Crippen LogP contribution in [0.4, 0.5) is 10.5 Å². The Labute approximate surface area is 163 Å². The third-order valence-corrected chi connectivity index (χ3v) is 4.83. The van der Waals surface area contributed by atoms with E-state index in [0.717, 1.165) is 16.1 Å². The molecule has 0 spiro atoms. The van der Waals surface area contributed by atoms with E-state index in [4.69, 9.17) is 11.6 Å². The highest BCUT2D eigenvalue weighted by atomic mass is 35.5. The van der Waals surface area contributed by atoms with Crippen LogP contribution in [-0.2, 0) is 17.9 Å². The second-order valence-electron chi connectivity index (χ2n) is 6.57. The monoisotopic (exact) mass is 393 g/mol. The molecule has 0 aliphatic heterocycles. The van der Waals surface area contributed by atoms with Crippen molar-refractivity contribution in [3.8, 4) is 0 Å². The molecule has 7 heteroatoms. The molecule has 140 valence electrons. The van der Waals surface area contributed by atoms with Crippen LogP contribution in [0.25, 0.3) is 0 Å². The van der Waals surface area contributed by atoms with Crippen molar-refractivity contribution in [3.63, 3.8) is 0 Å². The Balaban J connectivity index is 1.85. The van der Waals surface area contributed by atoms with E-state index < -0.39 is 0 Å². The van der Waals surface area contributed by atoms with Crippen LogP contribution in [0.3, 0.4) is 0 Å². The van der Waals surface area contributed by atoms with E-state index in [9.17, 15) is 9.59 Å². The first kappa shape index (κ1) is 20.3. The van der Waals surface area contributed by atoms with Gasteiger partial charge in [0.1, 0.15) is 0 Å². The van der Waals surface area contributed by atoms with Gasteiger partial charge in [-0.1, -0.05) is 37.6 Å². The Kier molecular flexibility index (Phi) is 7.48. The number of urea groups is 1. The lowest BCUT2D eigenvalue weighted by Gasteiger charge is -2.17. The number of hydrogen-bond acceptors (Lipinski definition) is 3. The topological polar surface area (TPSA) is 61.4 Å². The summed E-state index contributed by atoms with van der Waals surface area (Å²) < 4.78 is 0.713. The number of carbonyl (C=O) groups is 2. The first-order valence-electron chi connectivity index (χ1n) is 8.45. The van der Waals surface area contributed by atoms with Crippen molar-refractivity contribution in [1.82, 2.24) is 10.2 Å². The zero-order valence-corrected chi connectivity index (χ0v) is 16.8. The largest absolute Gasteiger partial charge is 0.334 e. The maximum absolute atomic E-state index is 12.2. The molecule has 5 nitrogen and oxygen atoms in total. The molecular formula is C19H24ClN3O2S. The number of benzene rings is 1. The number of anilines is 1. The highest BCUT2D eigenvalue weighted by Gasteiger charge is 2.11. The Bertz CT molecular complexity index is 761. The predicted octanol–water partition coefficient (Wildman–Crippen LogP) is 4.73. The molecule has 1 aromatic heterocycles. The molecule has 0 aliphatic carbocycles. The number of nitrogens with zero attached hydrogens (tertiary/aromatic N) is 1. The lowest BCUT2D eigenvalue weighted by Crippen LogP contribution is -2.36. The highest BCUT2D eigenvalue weighted by molar-refractivity contribution is 7.16. The molecule has 1 heterocycles. The highest BCUT2D eigenvalue weighted by Crippen LogP contribution is 2.22. The molecule has 0 saturated heterocycles. The van der Waals surface area contributed by atoms with Crippen LogP contribution in [0.15, 0.2) is 36.4 Å². The summed E-state index contributed by atoms with van der Waals surface area (Å²) >= 11 is 7.38. The molecule has 0 aliphatic rings. The molecule has 0 fully saturated rings. The zero-order valence-electron chi connectivity index (χ0n) is 15.2. The Morgan fingerprint density at radius 1 is 1.23 bits per heavy atom. The van der Waals surface area contributed by atoms with Crippen LogP contribution < -0.4 is 10.6 Å². The molecule has 2 rings (SSSR count). The summed E-state index contributed by atoms with van der Waals surface area (Å²) in [4.78, 5) is 26.7. The number of nitrogens with one attached hydrogen (secondary N) is 2. The molecule has 2 N–H and O–H groups in total. The Morgan fingerprint density at radius 3 is 2.65 bits per heavy atom. The van der Waals surface area contributed by atoms with Gasteiger partial charge >= 0.3 is 6.03 Å². The number of amides is 3. The van der Waals surface area contributed by atoms with Crippen LogP contribution in [0.5, 0.6) is 0 Å². The Morgan fingerprint density at radius 2 is 2.00 bits per heavy atom. The van der Waals surface area contributed by atoms with E-state index in [2.05, 4.69) is 10.6 Å². The number of carbonyl (C=O) groups excluding carboxylic acids is 2. The van der Waals surface area contributed by atoms with Crippen LogP contribution in [0.2, 0.25) is 4.34 Å². The van der Waals surface area contributed by atoms with E-state index in [1.807, 2.05) is 50.2 Å². The van der Waals surface area contributed by atoms with Gasteiger partial charge in [-0.05, 0) is 35.7 Å². The Hall–Kier alpha value is -2.05. The summed E-state index contributed by atoms with van der Waals surface area (Å²) in [6.07, 6.45) is 0.485. The van der Waals surface area contributed by atoms with Crippen LogP contribution in [0.1, 0.15) is 30.7 Å². The van der Waals surface area contributed by atoms with Crippen molar-refractivity contribution >= 4 is 40.6 Å². The summed E-state index contributed by atoms with van der Waals surface area (Å²) in [7, 11) is 1.74. The van der Waals surface area contributed by atoms with Crippen LogP contribution >= 0.6 is 22.9 Å². The minimum absolute atomic E-state index is 0.00414. The van der Waals surface area contributed by atoms with Gasteiger partial charge in [0.05, 0.1) is 10.9 Å². The number of hydrogen-bond donors (Lipinski definition) is 2. The average Bonchev–Trinajstić information content (AvgIpc) is 2.97. The lowest BCUT2D eigenvalue weighted by molar-refractivity contribution is -0.116. The summed E-state index contributed by atoms with van der Waals surface area (Å²) in [6.45, 7) is 4.91. The van der Waals surface area contributed by atoms with E-state index in [1.165, 1.54) is 11.3 Å². The SMILES string of the molecule is CC(C)CC(=O)Nc1cccc(CNC(=O)N(C)Cc2ccc(Cl)s2)c1. The van der Waals surface area contributed by atoms with Crippen molar-refractivity contribution in [3.05, 3.63) is 51.2 Å². The van der Waals surface area contributed by atoms with Gasteiger partial charge in [-0.3, -0.25) is 4.79 Å². The average molecular weight is 394 g/mol. The van der Waals surface area contributed by atoms with Crippen LogP contribution in [-0.4, -0.2) is 23.9 Å². The molecule has 3 amide bonds. The lowest BCUT2D eigenvalue weighted by atomic mass is 10.1. The van der Waals surface area contributed by atoms with Crippen molar-refractivity contribution in [2.24, 2.45) is 5.92 Å². The van der Waals surface area contributed by atoms with Crippen molar-refractivity contribution < 1.29 is 9.59 Å². The van der Waals surface area contributed by atoms with Gasteiger partial charge in [-0.15, -0.1) is 11.3 Å². The molecule has 0 unspecified atom stereocenters. The molecule has 0 bridgehead atoms. The van der Waals surface area contributed by atoms with Gasteiger partial charge in [0.15, 0.2) is 0 Å². The minimum Gasteiger partial charge on any atom is -0.334 e. The first-order valence-corrected chi connectivity index (χ1v) is 9.65. The molecule has 2 aromatic rings. The van der Waals surface area contributed by atoms with Crippen molar-refractivity contribution in [2.45, 2.75) is 33.4 Å². The number of halogens is 1. The fourth-order valence-electron chi connectivity index (χ4n) is 2.40. The van der Waals surface area contributed by atoms with E-state index in [1.54, 1.807) is 11.9 Å². The van der Waals surface area contributed by atoms with Crippen LogP contribution in [0, 0.1) is 5.92 Å². The maximum atomic E-state index is 12.2.